The second-order valence-electron chi connectivity index (χ2n) is 3.67. The van der Waals surface area contributed by atoms with Gasteiger partial charge in [0.15, 0.2) is 11.5 Å². The standard InChI is InChI=1S/C14H14O5.HN3/c1-3-8-18-13-9-11(5-7-14(16)17)4-6-12(13)19-10(2)15;1-3-2/h3-7,9H,1,8H2,2H3,(H,16,17);1H. The lowest BCUT2D eigenvalue weighted by atomic mass is 10.2. The van der Waals surface area contributed by atoms with Crippen LogP contribution in [-0.2, 0) is 9.59 Å². The van der Waals surface area contributed by atoms with Crippen molar-refractivity contribution in [1.82, 2.24) is 0 Å². The first-order valence-electron chi connectivity index (χ1n) is 5.92. The van der Waals surface area contributed by atoms with E-state index in [0.717, 1.165) is 6.08 Å². The molecule has 1 aromatic rings. The topological polar surface area (TPSA) is 133 Å². The second-order valence-corrected chi connectivity index (χ2v) is 3.67. The van der Waals surface area contributed by atoms with Gasteiger partial charge in [0, 0.05) is 13.0 Å². The molecule has 0 heterocycles. The summed E-state index contributed by atoms with van der Waals surface area (Å²) in [5.74, 6) is -0.876. The molecule has 0 saturated carbocycles. The van der Waals surface area contributed by atoms with Crippen molar-refractivity contribution in [1.29, 1.82) is 5.53 Å². The van der Waals surface area contributed by atoms with Gasteiger partial charge < -0.3 is 14.6 Å². The van der Waals surface area contributed by atoms with Crippen LogP contribution in [0.5, 0.6) is 11.5 Å². The number of hydrogen-bond donors (Lipinski definition) is 2. The fourth-order valence-corrected chi connectivity index (χ4v) is 1.30. The quantitative estimate of drug-likeness (QED) is 0.158. The van der Waals surface area contributed by atoms with Gasteiger partial charge in [-0.15, -0.1) is 5.53 Å². The van der Waals surface area contributed by atoms with Gasteiger partial charge in [-0.1, -0.05) is 18.7 Å². The van der Waals surface area contributed by atoms with E-state index in [2.05, 4.69) is 6.58 Å². The predicted octanol–water partition coefficient (Wildman–Crippen LogP) is 3.15. The predicted molar refractivity (Wildman–Crippen MR) is 79.6 cm³/mol. The van der Waals surface area contributed by atoms with Crippen LogP contribution in [0.25, 0.3) is 16.5 Å². The average molecular weight is 305 g/mol. The molecule has 8 heteroatoms. The van der Waals surface area contributed by atoms with Gasteiger partial charge in [0.2, 0.25) is 0 Å². The Hall–Kier alpha value is -3.25. The number of ether oxygens (including phenoxy) is 2. The molecule has 1 rings (SSSR count). The highest BCUT2D eigenvalue weighted by atomic mass is 16.6. The number of esters is 1. The summed E-state index contributed by atoms with van der Waals surface area (Å²) in [6, 6.07) is 4.75. The first-order valence-corrected chi connectivity index (χ1v) is 5.92. The summed E-state index contributed by atoms with van der Waals surface area (Å²) >= 11 is 0. The molecule has 0 spiro atoms. The number of carbonyl (C=O) groups excluding carboxylic acids is 1. The number of carboxylic acids is 1. The van der Waals surface area contributed by atoms with Crippen LogP contribution in [0.3, 0.4) is 0 Å². The highest BCUT2D eigenvalue weighted by Crippen LogP contribution is 2.29. The Labute approximate surface area is 126 Å². The lowest BCUT2D eigenvalue weighted by molar-refractivity contribution is -0.132. The molecule has 1 aromatic carbocycles. The van der Waals surface area contributed by atoms with E-state index in [9.17, 15) is 9.59 Å². The lowest BCUT2D eigenvalue weighted by Crippen LogP contribution is -2.04. The SMILES string of the molecule is C=CCOc1cc(C=CC(=O)O)ccc1OC(C)=O.[N-]=[N+]=N. The molecule has 116 valence electrons. The van der Waals surface area contributed by atoms with Crippen molar-refractivity contribution in [3.8, 4) is 11.5 Å². The molecule has 0 unspecified atom stereocenters. The third-order valence-corrected chi connectivity index (χ3v) is 2.00. The van der Waals surface area contributed by atoms with Crippen molar-refractivity contribution in [2.75, 3.05) is 6.61 Å². The molecule has 0 amide bonds. The van der Waals surface area contributed by atoms with Gasteiger partial charge in [-0.3, -0.25) is 4.79 Å². The fourth-order valence-electron chi connectivity index (χ4n) is 1.30. The normalized spacial score (nSPS) is 9.14. The van der Waals surface area contributed by atoms with E-state index in [1.54, 1.807) is 29.2 Å². The van der Waals surface area contributed by atoms with Crippen molar-refractivity contribution in [3.63, 3.8) is 0 Å². The Bertz CT molecular complexity index is 604. The van der Waals surface area contributed by atoms with Crippen LogP contribution >= 0.6 is 0 Å². The number of nitrogens with zero attached hydrogens (tertiary/aromatic N) is 2. The summed E-state index contributed by atoms with van der Waals surface area (Å²) < 4.78 is 10.3. The van der Waals surface area contributed by atoms with Crippen molar-refractivity contribution in [2.24, 2.45) is 0 Å². The molecule has 0 saturated heterocycles. The number of hydrogen-bond acceptors (Lipinski definition) is 5. The van der Waals surface area contributed by atoms with Crippen molar-refractivity contribution >= 4 is 18.0 Å². The molecule has 22 heavy (non-hydrogen) atoms. The number of carboxylic acid groups (broad SMARTS) is 1. The van der Waals surface area contributed by atoms with Gasteiger partial charge in [-0.2, -0.15) is 0 Å². The Morgan fingerprint density at radius 1 is 1.45 bits per heavy atom. The largest absolute Gasteiger partial charge is 0.486 e. The number of benzene rings is 1. The third-order valence-electron chi connectivity index (χ3n) is 2.00. The molecule has 0 aliphatic heterocycles. The van der Waals surface area contributed by atoms with E-state index in [1.807, 2.05) is 0 Å². The molecule has 0 aliphatic rings. The van der Waals surface area contributed by atoms with Gasteiger partial charge in [-0.05, 0) is 34.2 Å². The number of carbonyl (C=O) groups is 2. The van der Waals surface area contributed by atoms with E-state index in [4.69, 9.17) is 25.6 Å². The Morgan fingerprint density at radius 3 is 2.59 bits per heavy atom. The Kier molecular flexibility index (Phi) is 8.97. The molecule has 0 radical (unpaired) electrons. The van der Waals surface area contributed by atoms with Crippen molar-refractivity contribution in [3.05, 3.63) is 52.9 Å². The molecule has 2 N–H and O–H groups in total. The summed E-state index contributed by atoms with van der Waals surface area (Å²) in [5, 5.41) is 8.56. The maximum absolute atomic E-state index is 10.9. The van der Waals surface area contributed by atoms with E-state index in [1.165, 1.54) is 13.0 Å². The minimum Gasteiger partial charge on any atom is -0.486 e. The maximum Gasteiger partial charge on any atom is 0.328 e. The Morgan fingerprint density at radius 2 is 2.09 bits per heavy atom. The van der Waals surface area contributed by atoms with Crippen LogP contribution in [0.4, 0.5) is 0 Å². The van der Waals surface area contributed by atoms with Gasteiger partial charge in [0.05, 0.1) is 0 Å². The lowest BCUT2D eigenvalue weighted by Gasteiger charge is -2.10. The summed E-state index contributed by atoms with van der Waals surface area (Å²) in [6.45, 7) is 5.06. The second kappa shape index (κ2) is 10.5. The minimum absolute atomic E-state index is 0.250. The molecule has 0 aromatic heterocycles. The molecule has 8 nitrogen and oxygen atoms in total. The Balaban J connectivity index is 0.00000135. The molecular weight excluding hydrogens is 290 g/mol. The number of nitrogens with one attached hydrogen (secondary N) is 1. The zero-order valence-corrected chi connectivity index (χ0v) is 11.9. The van der Waals surface area contributed by atoms with Crippen LogP contribution < -0.4 is 9.47 Å². The van der Waals surface area contributed by atoms with Crippen molar-refractivity contribution in [2.45, 2.75) is 6.92 Å². The maximum atomic E-state index is 10.9. The van der Waals surface area contributed by atoms with Gasteiger partial charge in [-0.25, -0.2) is 4.79 Å². The summed E-state index contributed by atoms with van der Waals surface area (Å²) in [5.41, 5.74) is 12.9. The zero-order chi connectivity index (χ0) is 17.0. The first-order chi connectivity index (χ1) is 10.4. The zero-order valence-electron chi connectivity index (χ0n) is 11.9. The molecular formula is C14H15N3O5. The molecule has 0 aliphatic carbocycles. The summed E-state index contributed by atoms with van der Waals surface area (Å²) in [4.78, 5) is 23.1. The van der Waals surface area contributed by atoms with E-state index in [-0.39, 0.29) is 12.4 Å². The van der Waals surface area contributed by atoms with Gasteiger partial charge in [0.1, 0.15) is 6.61 Å². The fraction of sp³-hybridized carbons (Fsp3) is 0.143. The van der Waals surface area contributed by atoms with Gasteiger partial charge >= 0.3 is 11.9 Å². The summed E-state index contributed by atoms with van der Waals surface area (Å²) in [6.07, 6.45) is 3.98. The highest BCUT2D eigenvalue weighted by molar-refractivity contribution is 5.85. The minimum atomic E-state index is -1.04. The van der Waals surface area contributed by atoms with Crippen LogP contribution in [0.2, 0.25) is 0 Å². The average Bonchev–Trinajstić information content (AvgIpc) is 2.45. The van der Waals surface area contributed by atoms with Crippen LogP contribution in [-0.4, -0.2) is 23.7 Å². The van der Waals surface area contributed by atoms with E-state index < -0.39 is 11.9 Å². The third kappa shape index (κ3) is 8.03. The highest BCUT2D eigenvalue weighted by Gasteiger charge is 2.08. The van der Waals surface area contributed by atoms with E-state index >= 15 is 0 Å². The van der Waals surface area contributed by atoms with Crippen molar-refractivity contribution < 1.29 is 24.2 Å². The van der Waals surface area contributed by atoms with Crippen LogP contribution in [0.1, 0.15) is 12.5 Å². The smallest absolute Gasteiger partial charge is 0.328 e. The molecule has 0 fully saturated rings. The summed E-state index contributed by atoms with van der Waals surface area (Å²) in [7, 11) is 0. The van der Waals surface area contributed by atoms with E-state index in [0.29, 0.717) is 11.3 Å². The van der Waals surface area contributed by atoms with Gasteiger partial charge in [0.25, 0.3) is 0 Å². The molecule has 0 bridgehead atoms. The number of rotatable bonds is 6. The van der Waals surface area contributed by atoms with Crippen LogP contribution in [0, 0.1) is 5.53 Å². The first kappa shape index (κ1) is 18.8. The molecule has 0 atom stereocenters. The van der Waals surface area contributed by atoms with Crippen LogP contribution in [0.15, 0.2) is 36.9 Å². The monoisotopic (exact) mass is 305 g/mol. The number of aliphatic carboxylic acids is 1.